The van der Waals surface area contributed by atoms with E-state index in [-0.39, 0.29) is 11.9 Å². The normalized spacial score (nSPS) is 24.2. The highest BCUT2D eigenvalue weighted by Gasteiger charge is 2.37. The largest absolute Gasteiger partial charge is 0.338 e. The zero-order valence-electron chi connectivity index (χ0n) is 8.20. The van der Waals surface area contributed by atoms with Crippen molar-refractivity contribution < 1.29 is 4.79 Å². The van der Waals surface area contributed by atoms with E-state index >= 15 is 0 Å². The minimum absolute atomic E-state index is 0.148. The van der Waals surface area contributed by atoms with Crippen LogP contribution in [0.1, 0.15) is 32.6 Å². The van der Waals surface area contributed by atoms with Crippen molar-refractivity contribution >= 4 is 5.91 Å². The van der Waals surface area contributed by atoms with Gasteiger partial charge >= 0.3 is 0 Å². The quantitative estimate of drug-likeness (QED) is 0.697. The van der Waals surface area contributed by atoms with E-state index in [1.165, 1.54) is 25.7 Å². The maximum atomic E-state index is 11.7. The summed E-state index contributed by atoms with van der Waals surface area (Å²) >= 11 is 0. The van der Waals surface area contributed by atoms with Crippen LogP contribution in [-0.2, 0) is 4.79 Å². The van der Waals surface area contributed by atoms with Gasteiger partial charge in [0, 0.05) is 12.6 Å². The summed E-state index contributed by atoms with van der Waals surface area (Å²) in [6.45, 7) is 2.75. The van der Waals surface area contributed by atoms with Gasteiger partial charge in [-0.25, -0.2) is 0 Å². The molecule has 0 spiro atoms. The molecule has 0 saturated heterocycles. The molecular formula is C10H18N2O. The molecule has 2 aliphatic carbocycles. The van der Waals surface area contributed by atoms with E-state index in [2.05, 4.69) is 0 Å². The second-order valence-electron chi connectivity index (χ2n) is 4.45. The van der Waals surface area contributed by atoms with Crippen molar-refractivity contribution in [2.75, 3.05) is 6.54 Å². The fourth-order valence-corrected chi connectivity index (χ4v) is 1.65. The second kappa shape index (κ2) is 3.29. The Hall–Kier alpha value is -0.570. The Bertz CT molecular complexity index is 207. The third-order valence-electron chi connectivity index (χ3n) is 2.81. The lowest BCUT2D eigenvalue weighted by atomic mass is 10.2. The molecule has 0 aliphatic heterocycles. The summed E-state index contributed by atoms with van der Waals surface area (Å²) in [6.07, 6.45) is 4.97. The molecule has 3 nitrogen and oxygen atoms in total. The Kier molecular flexibility index (Phi) is 2.28. The molecule has 2 fully saturated rings. The van der Waals surface area contributed by atoms with Crippen molar-refractivity contribution in [3.05, 3.63) is 0 Å². The topological polar surface area (TPSA) is 46.3 Å². The summed E-state index contributed by atoms with van der Waals surface area (Å²) in [7, 11) is 0. The summed E-state index contributed by atoms with van der Waals surface area (Å²) in [5.74, 6) is 0.928. The molecule has 0 radical (unpaired) electrons. The monoisotopic (exact) mass is 182 g/mol. The van der Waals surface area contributed by atoms with E-state index in [1.54, 1.807) is 6.92 Å². The number of carbonyl (C=O) groups excluding carboxylic acids is 1. The minimum atomic E-state index is -0.320. The first-order valence-electron chi connectivity index (χ1n) is 5.24. The van der Waals surface area contributed by atoms with E-state index in [0.717, 1.165) is 12.5 Å². The molecule has 2 rings (SSSR count). The Labute approximate surface area is 79.3 Å². The van der Waals surface area contributed by atoms with Crippen molar-refractivity contribution in [2.45, 2.75) is 44.7 Å². The SMILES string of the molecule is C[C@H](N)C(=O)N(CC1CC1)C1CC1. The molecule has 2 N–H and O–H groups in total. The van der Waals surface area contributed by atoms with Crippen LogP contribution in [0.2, 0.25) is 0 Å². The zero-order chi connectivity index (χ0) is 9.42. The van der Waals surface area contributed by atoms with Gasteiger partial charge in [0.25, 0.3) is 0 Å². The van der Waals surface area contributed by atoms with Gasteiger partial charge in [-0.1, -0.05) is 0 Å². The lowest BCUT2D eigenvalue weighted by Crippen LogP contribution is -2.44. The molecule has 0 unspecified atom stereocenters. The molecule has 13 heavy (non-hydrogen) atoms. The van der Waals surface area contributed by atoms with Gasteiger partial charge in [0.1, 0.15) is 0 Å². The summed E-state index contributed by atoms with van der Waals surface area (Å²) in [4.78, 5) is 13.7. The smallest absolute Gasteiger partial charge is 0.239 e. The van der Waals surface area contributed by atoms with Gasteiger partial charge in [-0.2, -0.15) is 0 Å². The molecule has 0 aromatic heterocycles. The summed E-state index contributed by atoms with van der Waals surface area (Å²) in [5.41, 5.74) is 5.61. The maximum absolute atomic E-state index is 11.7. The number of amides is 1. The zero-order valence-corrected chi connectivity index (χ0v) is 8.20. The van der Waals surface area contributed by atoms with E-state index in [0.29, 0.717) is 6.04 Å². The van der Waals surface area contributed by atoms with Crippen LogP contribution in [0.25, 0.3) is 0 Å². The first kappa shape index (κ1) is 9.00. The van der Waals surface area contributed by atoms with Crippen LogP contribution in [0.15, 0.2) is 0 Å². The van der Waals surface area contributed by atoms with Crippen molar-refractivity contribution in [2.24, 2.45) is 11.7 Å². The van der Waals surface area contributed by atoms with Gasteiger partial charge in [-0.05, 0) is 38.5 Å². The Balaban J connectivity index is 1.90. The molecule has 74 valence electrons. The first-order chi connectivity index (χ1) is 6.18. The van der Waals surface area contributed by atoms with Gasteiger partial charge in [-0.3, -0.25) is 4.79 Å². The third-order valence-corrected chi connectivity index (χ3v) is 2.81. The predicted octanol–water partition coefficient (Wildman–Crippen LogP) is 0.735. The molecule has 2 aliphatic rings. The Morgan fingerprint density at radius 2 is 2.08 bits per heavy atom. The van der Waals surface area contributed by atoms with E-state index in [1.807, 2.05) is 4.90 Å². The van der Waals surface area contributed by atoms with Crippen molar-refractivity contribution in [3.8, 4) is 0 Å². The molecule has 3 heteroatoms. The number of nitrogens with two attached hydrogens (primary N) is 1. The number of hydrogen-bond donors (Lipinski definition) is 1. The Morgan fingerprint density at radius 3 is 2.46 bits per heavy atom. The highest BCUT2D eigenvalue weighted by Crippen LogP contribution is 2.34. The van der Waals surface area contributed by atoms with Crippen LogP contribution < -0.4 is 5.73 Å². The van der Waals surface area contributed by atoms with E-state index < -0.39 is 0 Å². The van der Waals surface area contributed by atoms with Crippen LogP contribution in [0.4, 0.5) is 0 Å². The fourth-order valence-electron chi connectivity index (χ4n) is 1.65. The van der Waals surface area contributed by atoms with Crippen molar-refractivity contribution in [3.63, 3.8) is 0 Å². The third kappa shape index (κ3) is 2.21. The van der Waals surface area contributed by atoms with Crippen LogP contribution in [0.5, 0.6) is 0 Å². The van der Waals surface area contributed by atoms with Crippen LogP contribution >= 0.6 is 0 Å². The fraction of sp³-hybridized carbons (Fsp3) is 0.900. The highest BCUT2D eigenvalue weighted by molar-refractivity contribution is 5.81. The predicted molar refractivity (Wildman–Crippen MR) is 51.1 cm³/mol. The highest BCUT2D eigenvalue weighted by atomic mass is 16.2. The van der Waals surface area contributed by atoms with Crippen molar-refractivity contribution in [1.29, 1.82) is 0 Å². The second-order valence-corrected chi connectivity index (χ2v) is 4.45. The van der Waals surface area contributed by atoms with Crippen LogP contribution in [0, 0.1) is 5.92 Å². The van der Waals surface area contributed by atoms with E-state index in [4.69, 9.17) is 5.73 Å². The van der Waals surface area contributed by atoms with E-state index in [9.17, 15) is 4.79 Å². The molecule has 0 aromatic carbocycles. The molecular weight excluding hydrogens is 164 g/mol. The average Bonchev–Trinajstić information content (AvgIpc) is 2.90. The summed E-state index contributed by atoms with van der Waals surface area (Å²) < 4.78 is 0. The maximum Gasteiger partial charge on any atom is 0.239 e. The van der Waals surface area contributed by atoms with Crippen LogP contribution in [-0.4, -0.2) is 29.4 Å². The average molecular weight is 182 g/mol. The lowest BCUT2D eigenvalue weighted by molar-refractivity contribution is -0.133. The van der Waals surface area contributed by atoms with Crippen LogP contribution in [0.3, 0.4) is 0 Å². The standard InChI is InChI=1S/C10H18N2O/c1-7(11)10(13)12(9-4-5-9)6-8-2-3-8/h7-9H,2-6,11H2,1H3/t7-/m0/s1. The summed E-state index contributed by atoms with van der Waals surface area (Å²) in [5, 5.41) is 0. The Morgan fingerprint density at radius 1 is 1.46 bits per heavy atom. The number of nitrogens with zero attached hydrogens (tertiary/aromatic N) is 1. The van der Waals surface area contributed by atoms with Gasteiger partial charge in [0.15, 0.2) is 0 Å². The van der Waals surface area contributed by atoms with Gasteiger partial charge < -0.3 is 10.6 Å². The number of rotatable bonds is 4. The van der Waals surface area contributed by atoms with Gasteiger partial charge in [0.05, 0.1) is 6.04 Å². The van der Waals surface area contributed by atoms with Crippen molar-refractivity contribution in [1.82, 2.24) is 4.90 Å². The molecule has 0 bridgehead atoms. The molecule has 0 heterocycles. The lowest BCUT2D eigenvalue weighted by Gasteiger charge is -2.24. The molecule has 1 amide bonds. The minimum Gasteiger partial charge on any atom is -0.338 e. The van der Waals surface area contributed by atoms with Gasteiger partial charge in [0.2, 0.25) is 5.91 Å². The number of hydrogen-bond acceptors (Lipinski definition) is 2. The number of carbonyl (C=O) groups is 1. The summed E-state index contributed by atoms with van der Waals surface area (Å²) in [6, 6.07) is 0.207. The molecule has 2 saturated carbocycles. The first-order valence-corrected chi connectivity index (χ1v) is 5.24. The van der Waals surface area contributed by atoms with Gasteiger partial charge in [-0.15, -0.1) is 0 Å². The molecule has 1 atom stereocenters. The molecule has 0 aromatic rings.